The van der Waals surface area contributed by atoms with Gasteiger partial charge in [0, 0.05) is 31.5 Å². The number of likely N-dealkylation sites (tertiary alicyclic amines) is 1. The largest absolute Gasteiger partial charge is 0.342 e. The minimum atomic E-state index is 0.168. The minimum absolute atomic E-state index is 0.168. The fourth-order valence-electron chi connectivity index (χ4n) is 2.45. The molecule has 0 spiro atoms. The van der Waals surface area contributed by atoms with Crippen molar-refractivity contribution in [1.29, 1.82) is 0 Å². The molecule has 1 aliphatic heterocycles. The van der Waals surface area contributed by atoms with Gasteiger partial charge in [0.05, 0.1) is 6.42 Å². The molecule has 0 bridgehead atoms. The topological polar surface area (TPSA) is 59.2 Å². The summed E-state index contributed by atoms with van der Waals surface area (Å²) in [5.74, 6) is 0.645. The molecule has 1 amide bonds. The Labute approximate surface area is 108 Å². The molecule has 1 saturated heterocycles. The Bertz CT molecular complexity index is 391. The van der Waals surface area contributed by atoms with Crippen molar-refractivity contribution in [2.45, 2.75) is 32.2 Å². The van der Waals surface area contributed by atoms with Gasteiger partial charge >= 0.3 is 0 Å². The van der Waals surface area contributed by atoms with Gasteiger partial charge in [0.25, 0.3) is 0 Å². The van der Waals surface area contributed by atoms with Crippen molar-refractivity contribution in [3.8, 4) is 0 Å². The van der Waals surface area contributed by atoms with Crippen LogP contribution in [0.1, 0.15) is 25.3 Å². The first-order chi connectivity index (χ1) is 8.66. The van der Waals surface area contributed by atoms with Crippen LogP contribution in [0.15, 0.2) is 24.5 Å². The maximum atomic E-state index is 12.2. The van der Waals surface area contributed by atoms with Crippen LogP contribution in [0.5, 0.6) is 0 Å². The molecule has 2 N–H and O–H groups in total. The number of hydrogen-bond donors (Lipinski definition) is 1. The van der Waals surface area contributed by atoms with E-state index in [1.807, 2.05) is 24.0 Å². The molecule has 0 aliphatic carbocycles. The number of rotatable bonds is 3. The summed E-state index contributed by atoms with van der Waals surface area (Å²) in [4.78, 5) is 18.1. The van der Waals surface area contributed by atoms with Gasteiger partial charge in [0.15, 0.2) is 0 Å². The Morgan fingerprint density at radius 2 is 2.28 bits per heavy atom. The minimum Gasteiger partial charge on any atom is -0.342 e. The van der Waals surface area contributed by atoms with E-state index >= 15 is 0 Å². The highest BCUT2D eigenvalue weighted by Crippen LogP contribution is 2.19. The second-order valence-electron chi connectivity index (χ2n) is 5.13. The van der Waals surface area contributed by atoms with E-state index in [2.05, 4.69) is 4.98 Å². The van der Waals surface area contributed by atoms with Crippen molar-refractivity contribution in [2.24, 2.45) is 11.7 Å². The zero-order valence-corrected chi connectivity index (χ0v) is 10.9. The summed E-state index contributed by atoms with van der Waals surface area (Å²) < 4.78 is 0. The van der Waals surface area contributed by atoms with Crippen molar-refractivity contribution in [3.05, 3.63) is 30.1 Å². The smallest absolute Gasteiger partial charge is 0.227 e. The molecule has 2 unspecified atom stereocenters. The number of pyridine rings is 1. The van der Waals surface area contributed by atoms with Crippen LogP contribution < -0.4 is 5.73 Å². The Kier molecular flexibility index (Phi) is 4.31. The van der Waals surface area contributed by atoms with Crippen LogP contribution >= 0.6 is 0 Å². The molecule has 1 fully saturated rings. The zero-order valence-electron chi connectivity index (χ0n) is 10.9. The fourth-order valence-corrected chi connectivity index (χ4v) is 2.45. The Morgan fingerprint density at radius 3 is 2.94 bits per heavy atom. The highest BCUT2D eigenvalue weighted by Gasteiger charge is 2.25. The lowest BCUT2D eigenvalue weighted by molar-refractivity contribution is -0.132. The van der Waals surface area contributed by atoms with Gasteiger partial charge in [0.2, 0.25) is 5.91 Å². The third-order valence-corrected chi connectivity index (χ3v) is 3.66. The Morgan fingerprint density at radius 1 is 1.56 bits per heavy atom. The second kappa shape index (κ2) is 5.96. The molecule has 0 saturated carbocycles. The summed E-state index contributed by atoms with van der Waals surface area (Å²) in [6.45, 7) is 3.70. The van der Waals surface area contributed by atoms with Crippen molar-refractivity contribution in [1.82, 2.24) is 9.88 Å². The van der Waals surface area contributed by atoms with E-state index in [4.69, 9.17) is 5.73 Å². The predicted octanol–water partition coefficient (Wildman–Crippen LogP) is 1.21. The number of carbonyl (C=O) groups excluding carboxylic acids is 1. The van der Waals surface area contributed by atoms with Crippen LogP contribution in [0, 0.1) is 5.92 Å². The molecule has 1 aromatic heterocycles. The van der Waals surface area contributed by atoms with Gasteiger partial charge in [0.1, 0.15) is 0 Å². The average Bonchev–Trinajstić information content (AvgIpc) is 2.40. The molecular formula is C14H21N3O. The van der Waals surface area contributed by atoms with Crippen LogP contribution in [0.25, 0.3) is 0 Å². The molecule has 2 rings (SSSR count). The Balaban J connectivity index is 1.93. The number of amides is 1. The lowest BCUT2D eigenvalue weighted by Crippen LogP contribution is -2.45. The summed E-state index contributed by atoms with van der Waals surface area (Å²) in [5.41, 5.74) is 6.96. The van der Waals surface area contributed by atoms with Crippen LogP contribution in [0.2, 0.25) is 0 Å². The Hall–Kier alpha value is -1.42. The van der Waals surface area contributed by atoms with Crippen LogP contribution in [-0.4, -0.2) is 34.9 Å². The third kappa shape index (κ3) is 3.29. The second-order valence-corrected chi connectivity index (χ2v) is 5.13. The number of hydrogen-bond acceptors (Lipinski definition) is 3. The van der Waals surface area contributed by atoms with E-state index < -0.39 is 0 Å². The lowest BCUT2D eigenvalue weighted by atomic mass is 9.92. The van der Waals surface area contributed by atoms with Gasteiger partial charge in [-0.3, -0.25) is 9.78 Å². The van der Waals surface area contributed by atoms with Gasteiger partial charge in [-0.15, -0.1) is 0 Å². The van der Waals surface area contributed by atoms with E-state index in [0.29, 0.717) is 12.3 Å². The molecule has 18 heavy (non-hydrogen) atoms. The molecule has 2 heterocycles. The summed E-state index contributed by atoms with van der Waals surface area (Å²) in [6.07, 6.45) is 6.12. The van der Waals surface area contributed by atoms with Crippen molar-refractivity contribution >= 4 is 5.91 Å². The summed E-state index contributed by atoms with van der Waals surface area (Å²) in [7, 11) is 0. The van der Waals surface area contributed by atoms with Crippen molar-refractivity contribution in [2.75, 3.05) is 13.1 Å². The summed E-state index contributed by atoms with van der Waals surface area (Å²) in [5, 5.41) is 0. The maximum Gasteiger partial charge on any atom is 0.227 e. The van der Waals surface area contributed by atoms with Crippen LogP contribution in [-0.2, 0) is 11.2 Å². The first kappa shape index (κ1) is 13.0. The third-order valence-electron chi connectivity index (χ3n) is 3.66. The van der Waals surface area contributed by atoms with E-state index in [1.54, 1.807) is 12.4 Å². The molecule has 4 heteroatoms. The van der Waals surface area contributed by atoms with Gasteiger partial charge in [-0.2, -0.15) is 0 Å². The molecular weight excluding hydrogens is 226 g/mol. The molecule has 98 valence electrons. The van der Waals surface area contributed by atoms with Gasteiger partial charge in [-0.05, 0) is 43.4 Å². The van der Waals surface area contributed by atoms with Crippen LogP contribution in [0.4, 0.5) is 0 Å². The van der Waals surface area contributed by atoms with Gasteiger partial charge in [-0.1, -0.05) is 0 Å². The number of carbonyl (C=O) groups is 1. The van der Waals surface area contributed by atoms with Crippen molar-refractivity contribution in [3.63, 3.8) is 0 Å². The first-order valence-corrected chi connectivity index (χ1v) is 6.59. The van der Waals surface area contributed by atoms with E-state index in [9.17, 15) is 4.79 Å². The number of piperidine rings is 1. The zero-order chi connectivity index (χ0) is 13.0. The first-order valence-electron chi connectivity index (χ1n) is 6.59. The SMILES string of the molecule is CC(N)C1CCCN(C(=O)Cc2ccncc2)C1. The highest BCUT2D eigenvalue weighted by molar-refractivity contribution is 5.78. The normalized spacial score (nSPS) is 21.7. The standard InChI is InChI=1S/C14H21N3O/c1-11(15)13-3-2-8-17(10-13)14(18)9-12-4-6-16-7-5-12/h4-7,11,13H,2-3,8-10,15H2,1H3. The molecule has 1 aliphatic rings. The van der Waals surface area contributed by atoms with Crippen molar-refractivity contribution < 1.29 is 4.79 Å². The molecule has 2 atom stereocenters. The number of nitrogens with zero attached hydrogens (tertiary/aromatic N) is 2. The van der Waals surface area contributed by atoms with Gasteiger partial charge in [-0.25, -0.2) is 0 Å². The molecule has 0 aromatic carbocycles. The van der Waals surface area contributed by atoms with E-state index in [-0.39, 0.29) is 11.9 Å². The average molecular weight is 247 g/mol. The van der Waals surface area contributed by atoms with Crippen LogP contribution in [0.3, 0.4) is 0 Å². The monoisotopic (exact) mass is 247 g/mol. The number of nitrogens with two attached hydrogens (primary N) is 1. The van der Waals surface area contributed by atoms with E-state index in [0.717, 1.165) is 31.5 Å². The van der Waals surface area contributed by atoms with Gasteiger partial charge < -0.3 is 10.6 Å². The predicted molar refractivity (Wildman–Crippen MR) is 70.9 cm³/mol. The molecule has 1 aromatic rings. The quantitative estimate of drug-likeness (QED) is 0.873. The molecule has 0 radical (unpaired) electrons. The summed E-state index contributed by atoms with van der Waals surface area (Å²) >= 11 is 0. The summed E-state index contributed by atoms with van der Waals surface area (Å²) in [6, 6.07) is 3.96. The molecule has 4 nitrogen and oxygen atoms in total. The fraction of sp³-hybridized carbons (Fsp3) is 0.571. The highest BCUT2D eigenvalue weighted by atomic mass is 16.2. The lowest BCUT2D eigenvalue weighted by Gasteiger charge is -2.34. The number of aromatic nitrogens is 1. The maximum absolute atomic E-state index is 12.2. The van der Waals surface area contributed by atoms with E-state index in [1.165, 1.54) is 0 Å².